The molecule has 2 saturated heterocycles. The molecule has 0 saturated carbocycles. The van der Waals surface area contributed by atoms with Gasteiger partial charge in [-0.2, -0.15) is 0 Å². The summed E-state index contributed by atoms with van der Waals surface area (Å²) < 4.78 is 12.0. The molecule has 2 heterocycles. The predicted molar refractivity (Wildman–Crippen MR) is 65.4 cm³/mol. The third-order valence-electron chi connectivity index (χ3n) is 4.08. The zero-order chi connectivity index (χ0) is 11.5. The molecule has 2 unspecified atom stereocenters. The third-order valence-corrected chi connectivity index (χ3v) is 4.08. The summed E-state index contributed by atoms with van der Waals surface area (Å²) in [5.41, 5.74) is 0.390. The summed E-state index contributed by atoms with van der Waals surface area (Å²) in [5, 5.41) is 0. The van der Waals surface area contributed by atoms with Crippen LogP contribution in [0.4, 0.5) is 0 Å². The minimum absolute atomic E-state index is 0.209. The van der Waals surface area contributed by atoms with Crippen molar-refractivity contribution in [1.82, 2.24) is 0 Å². The molecule has 2 rings (SSSR count). The van der Waals surface area contributed by atoms with Crippen molar-refractivity contribution in [2.75, 3.05) is 13.2 Å². The number of hydrogen-bond donors (Lipinski definition) is 0. The fourth-order valence-electron chi connectivity index (χ4n) is 3.12. The van der Waals surface area contributed by atoms with Crippen LogP contribution in [-0.4, -0.2) is 19.0 Å². The summed E-state index contributed by atoms with van der Waals surface area (Å²) >= 11 is 0. The first-order valence-electron chi connectivity index (χ1n) is 6.96. The molecule has 94 valence electrons. The molecule has 0 spiro atoms. The first-order valence-corrected chi connectivity index (χ1v) is 6.96. The fraction of sp³-hybridized carbons (Fsp3) is 1.00. The van der Waals surface area contributed by atoms with Gasteiger partial charge in [0.1, 0.15) is 0 Å². The lowest BCUT2D eigenvalue weighted by molar-refractivity contribution is -0.215. The molecule has 16 heavy (non-hydrogen) atoms. The van der Waals surface area contributed by atoms with Crippen LogP contribution in [-0.2, 0) is 9.47 Å². The molecule has 2 atom stereocenters. The molecule has 2 bridgehead atoms. The average molecular weight is 226 g/mol. The van der Waals surface area contributed by atoms with Crippen molar-refractivity contribution in [3.8, 4) is 0 Å². The summed E-state index contributed by atoms with van der Waals surface area (Å²) in [7, 11) is 0. The Morgan fingerprint density at radius 2 is 2.00 bits per heavy atom. The zero-order valence-electron chi connectivity index (χ0n) is 10.9. The first-order chi connectivity index (χ1) is 7.68. The van der Waals surface area contributed by atoms with Crippen molar-refractivity contribution >= 4 is 0 Å². The first kappa shape index (κ1) is 12.4. The molecule has 0 aromatic rings. The van der Waals surface area contributed by atoms with Gasteiger partial charge in [-0.15, -0.1) is 0 Å². The molecule has 0 aromatic heterocycles. The molecule has 2 heteroatoms. The summed E-state index contributed by atoms with van der Waals surface area (Å²) in [6, 6.07) is 0. The molecule has 0 radical (unpaired) electrons. The Labute approximate surface area is 99.7 Å². The van der Waals surface area contributed by atoms with Crippen LogP contribution in [0.2, 0.25) is 0 Å². The number of fused-ring (bicyclic) bond motifs is 2. The highest BCUT2D eigenvalue weighted by Crippen LogP contribution is 2.47. The maximum atomic E-state index is 6.01. The van der Waals surface area contributed by atoms with E-state index in [4.69, 9.17) is 9.47 Å². The molecule has 0 aromatic carbocycles. The summed E-state index contributed by atoms with van der Waals surface area (Å²) in [5.74, 6) is -0.209. The molecule has 2 fully saturated rings. The van der Waals surface area contributed by atoms with Gasteiger partial charge < -0.3 is 9.47 Å². The monoisotopic (exact) mass is 226 g/mol. The summed E-state index contributed by atoms with van der Waals surface area (Å²) in [6.45, 7) is 6.41. The van der Waals surface area contributed by atoms with Crippen LogP contribution in [0.25, 0.3) is 0 Å². The summed E-state index contributed by atoms with van der Waals surface area (Å²) in [6.07, 6.45) is 9.90. The second-order valence-electron chi connectivity index (χ2n) is 5.95. The Bertz CT molecular complexity index is 225. The highest BCUT2D eigenvalue weighted by Gasteiger charge is 2.48. The van der Waals surface area contributed by atoms with E-state index in [2.05, 4.69) is 13.8 Å². The lowest BCUT2D eigenvalue weighted by Crippen LogP contribution is -2.31. The van der Waals surface area contributed by atoms with Gasteiger partial charge in [-0.05, 0) is 24.7 Å². The van der Waals surface area contributed by atoms with E-state index in [0.29, 0.717) is 5.41 Å². The quantitative estimate of drug-likeness (QED) is 0.662. The van der Waals surface area contributed by atoms with Crippen LogP contribution in [0.3, 0.4) is 0 Å². The van der Waals surface area contributed by atoms with Gasteiger partial charge in [-0.1, -0.05) is 33.1 Å². The molecular formula is C14H26O2. The Balaban J connectivity index is 1.86. The minimum atomic E-state index is -0.209. The van der Waals surface area contributed by atoms with E-state index in [-0.39, 0.29) is 5.79 Å². The average Bonchev–Trinajstić information content (AvgIpc) is 2.48. The Hall–Kier alpha value is -0.0800. The predicted octanol–water partition coefficient (Wildman–Crippen LogP) is 3.89. The van der Waals surface area contributed by atoms with Crippen molar-refractivity contribution in [3.05, 3.63) is 0 Å². The van der Waals surface area contributed by atoms with Crippen LogP contribution >= 0.6 is 0 Å². The van der Waals surface area contributed by atoms with Crippen LogP contribution in [0.15, 0.2) is 0 Å². The van der Waals surface area contributed by atoms with Gasteiger partial charge >= 0.3 is 0 Å². The van der Waals surface area contributed by atoms with Crippen molar-refractivity contribution < 1.29 is 9.47 Å². The van der Waals surface area contributed by atoms with Gasteiger partial charge in [0.25, 0.3) is 0 Å². The van der Waals surface area contributed by atoms with Gasteiger partial charge in [0, 0.05) is 12.8 Å². The minimum Gasteiger partial charge on any atom is -0.350 e. The van der Waals surface area contributed by atoms with E-state index in [9.17, 15) is 0 Å². The van der Waals surface area contributed by atoms with E-state index >= 15 is 0 Å². The molecule has 0 aliphatic carbocycles. The van der Waals surface area contributed by atoms with E-state index < -0.39 is 0 Å². The SMILES string of the molecule is CCCCCCC12CC(C)(CCCO1)CO2. The van der Waals surface area contributed by atoms with Crippen molar-refractivity contribution in [3.63, 3.8) is 0 Å². The van der Waals surface area contributed by atoms with Crippen molar-refractivity contribution in [1.29, 1.82) is 0 Å². The van der Waals surface area contributed by atoms with Gasteiger partial charge in [-0.25, -0.2) is 0 Å². The lowest BCUT2D eigenvalue weighted by atomic mass is 9.82. The highest BCUT2D eigenvalue weighted by molar-refractivity contribution is 4.91. The third kappa shape index (κ3) is 2.78. The summed E-state index contributed by atoms with van der Waals surface area (Å²) in [4.78, 5) is 0. The molecule has 0 amide bonds. The Morgan fingerprint density at radius 1 is 1.12 bits per heavy atom. The second-order valence-corrected chi connectivity index (χ2v) is 5.95. The molecule has 2 nitrogen and oxygen atoms in total. The van der Waals surface area contributed by atoms with Gasteiger partial charge in [0.05, 0.1) is 13.2 Å². The van der Waals surface area contributed by atoms with E-state index in [1.807, 2.05) is 0 Å². The zero-order valence-corrected chi connectivity index (χ0v) is 10.9. The van der Waals surface area contributed by atoms with E-state index in [1.54, 1.807) is 0 Å². The van der Waals surface area contributed by atoms with Crippen LogP contribution in [0.5, 0.6) is 0 Å². The van der Waals surface area contributed by atoms with Crippen molar-refractivity contribution in [2.45, 2.75) is 71.0 Å². The van der Waals surface area contributed by atoms with Gasteiger partial charge in [0.15, 0.2) is 5.79 Å². The maximum absolute atomic E-state index is 6.01. The largest absolute Gasteiger partial charge is 0.350 e. The number of hydrogen-bond acceptors (Lipinski definition) is 2. The van der Waals surface area contributed by atoms with E-state index in [0.717, 1.165) is 26.1 Å². The van der Waals surface area contributed by atoms with Crippen LogP contribution in [0.1, 0.15) is 65.2 Å². The number of ether oxygens (including phenoxy) is 2. The molecule has 2 aliphatic heterocycles. The maximum Gasteiger partial charge on any atom is 0.168 e. The van der Waals surface area contributed by atoms with E-state index in [1.165, 1.54) is 38.5 Å². The topological polar surface area (TPSA) is 18.5 Å². The Morgan fingerprint density at radius 3 is 2.81 bits per heavy atom. The number of rotatable bonds is 5. The van der Waals surface area contributed by atoms with Crippen LogP contribution < -0.4 is 0 Å². The van der Waals surface area contributed by atoms with Gasteiger partial charge in [0.2, 0.25) is 0 Å². The fourth-order valence-corrected chi connectivity index (χ4v) is 3.12. The highest BCUT2D eigenvalue weighted by atomic mass is 16.7. The molecule has 0 N–H and O–H groups in total. The smallest absolute Gasteiger partial charge is 0.168 e. The standard InChI is InChI=1S/C14H26O2/c1-3-4-5-6-9-14-11-13(2,12-16-14)8-7-10-15-14/h3-12H2,1-2H3. The van der Waals surface area contributed by atoms with Crippen molar-refractivity contribution in [2.24, 2.45) is 5.41 Å². The normalized spacial score (nSPS) is 38.6. The van der Waals surface area contributed by atoms with Gasteiger partial charge in [-0.3, -0.25) is 0 Å². The molecular weight excluding hydrogens is 200 g/mol. The Kier molecular flexibility index (Phi) is 3.91. The number of unbranched alkanes of at least 4 members (excludes halogenated alkanes) is 3. The lowest BCUT2D eigenvalue weighted by Gasteiger charge is -2.28. The molecule has 2 aliphatic rings. The van der Waals surface area contributed by atoms with Crippen LogP contribution in [0, 0.1) is 5.41 Å². The second kappa shape index (κ2) is 5.05.